The predicted octanol–water partition coefficient (Wildman–Crippen LogP) is 3.41. The zero-order valence-electron chi connectivity index (χ0n) is 16.7. The maximum atomic E-state index is 12.7. The number of hydrogen-bond acceptors (Lipinski definition) is 7. The molecule has 1 fully saturated rings. The van der Waals surface area contributed by atoms with Crippen molar-refractivity contribution < 1.29 is 17.9 Å². The molecule has 1 atom stereocenters. The summed E-state index contributed by atoms with van der Waals surface area (Å²) in [6.45, 7) is 3.54. The van der Waals surface area contributed by atoms with Crippen molar-refractivity contribution in [2.45, 2.75) is 10.3 Å². The Morgan fingerprint density at radius 1 is 1.03 bits per heavy atom. The SMILES string of the molecule is O=C(NC[C@H](c1cccs1)N1CCOCC1)c1ccc(NS(=O)(=O)c2cccs2)cc1. The molecule has 2 N–H and O–H groups in total. The Morgan fingerprint density at radius 2 is 1.74 bits per heavy atom. The van der Waals surface area contributed by atoms with Crippen LogP contribution in [-0.4, -0.2) is 52.1 Å². The number of rotatable bonds is 8. The van der Waals surface area contributed by atoms with Crippen molar-refractivity contribution in [3.63, 3.8) is 0 Å². The number of anilines is 1. The minimum Gasteiger partial charge on any atom is -0.379 e. The van der Waals surface area contributed by atoms with Gasteiger partial charge in [-0.1, -0.05) is 12.1 Å². The average molecular weight is 478 g/mol. The van der Waals surface area contributed by atoms with E-state index in [-0.39, 0.29) is 16.2 Å². The first kappa shape index (κ1) is 22.0. The van der Waals surface area contributed by atoms with E-state index in [9.17, 15) is 13.2 Å². The van der Waals surface area contributed by atoms with Crippen LogP contribution in [0.25, 0.3) is 0 Å². The molecule has 0 unspecified atom stereocenters. The number of benzene rings is 1. The molecule has 0 radical (unpaired) electrons. The summed E-state index contributed by atoms with van der Waals surface area (Å²) in [5.74, 6) is -0.192. The number of nitrogens with one attached hydrogen (secondary N) is 2. The van der Waals surface area contributed by atoms with Crippen LogP contribution in [0.2, 0.25) is 0 Å². The first-order chi connectivity index (χ1) is 15.0. The molecule has 2 aromatic heterocycles. The van der Waals surface area contributed by atoms with Crippen molar-refractivity contribution in [1.82, 2.24) is 10.2 Å². The van der Waals surface area contributed by atoms with Gasteiger partial charge in [0.05, 0.1) is 19.3 Å². The fourth-order valence-electron chi connectivity index (χ4n) is 3.38. The highest BCUT2D eigenvalue weighted by Gasteiger charge is 2.24. The van der Waals surface area contributed by atoms with Gasteiger partial charge in [-0.3, -0.25) is 14.4 Å². The molecule has 3 heterocycles. The fourth-order valence-corrected chi connectivity index (χ4v) is 6.29. The summed E-state index contributed by atoms with van der Waals surface area (Å²) in [5.41, 5.74) is 0.890. The molecule has 3 aromatic rings. The third-order valence-corrected chi connectivity index (χ3v) is 8.73. The van der Waals surface area contributed by atoms with Gasteiger partial charge in [0.2, 0.25) is 0 Å². The maximum absolute atomic E-state index is 12.7. The fraction of sp³-hybridized carbons (Fsp3) is 0.286. The summed E-state index contributed by atoms with van der Waals surface area (Å²) in [4.78, 5) is 16.2. The van der Waals surface area contributed by atoms with E-state index in [2.05, 4.69) is 21.0 Å². The lowest BCUT2D eigenvalue weighted by Crippen LogP contribution is -2.43. The highest BCUT2D eigenvalue weighted by Crippen LogP contribution is 2.26. The molecule has 4 rings (SSSR count). The van der Waals surface area contributed by atoms with Crippen molar-refractivity contribution in [2.24, 2.45) is 0 Å². The highest BCUT2D eigenvalue weighted by atomic mass is 32.2. The van der Waals surface area contributed by atoms with E-state index in [1.165, 1.54) is 4.88 Å². The Labute approximate surface area is 189 Å². The van der Waals surface area contributed by atoms with Gasteiger partial charge in [0.15, 0.2) is 0 Å². The molecule has 0 bridgehead atoms. The van der Waals surface area contributed by atoms with Gasteiger partial charge in [-0.25, -0.2) is 8.42 Å². The molecule has 1 aromatic carbocycles. The molecule has 164 valence electrons. The van der Waals surface area contributed by atoms with Crippen LogP contribution in [0.15, 0.2) is 63.5 Å². The van der Waals surface area contributed by atoms with Crippen molar-refractivity contribution in [1.29, 1.82) is 0 Å². The van der Waals surface area contributed by atoms with E-state index >= 15 is 0 Å². The monoisotopic (exact) mass is 477 g/mol. The van der Waals surface area contributed by atoms with E-state index in [1.807, 2.05) is 11.4 Å². The Kier molecular flexibility index (Phi) is 7.03. The van der Waals surface area contributed by atoms with E-state index in [0.29, 0.717) is 31.0 Å². The summed E-state index contributed by atoms with van der Waals surface area (Å²) in [6, 6.07) is 13.9. The van der Waals surface area contributed by atoms with Gasteiger partial charge in [0.1, 0.15) is 4.21 Å². The van der Waals surface area contributed by atoms with Gasteiger partial charge in [0.25, 0.3) is 15.9 Å². The van der Waals surface area contributed by atoms with Crippen molar-refractivity contribution >= 4 is 44.3 Å². The number of carbonyl (C=O) groups is 1. The van der Waals surface area contributed by atoms with Gasteiger partial charge >= 0.3 is 0 Å². The van der Waals surface area contributed by atoms with Crippen molar-refractivity contribution in [3.05, 3.63) is 69.7 Å². The normalized spacial score (nSPS) is 16.0. The zero-order chi connectivity index (χ0) is 21.7. The largest absolute Gasteiger partial charge is 0.379 e. The van der Waals surface area contributed by atoms with Crippen LogP contribution in [0.1, 0.15) is 21.3 Å². The second-order valence-corrected chi connectivity index (χ2v) is 10.8. The van der Waals surface area contributed by atoms with Crippen LogP contribution < -0.4 is 10.0 Å². The summed E-state index contributed by atoms with van der Waals surface area (Å²) in [6.07, 6.45) is 0. The molecule has 31 heavy (non-hydrogen) atoms. The molecule has 1 amide bonds. The van der Waals surface area contributed by atoms with E-state index in [4.69, 9.17) is 4.74 Å². The second-order valence-electron chi connectivity index (χ2n) is 7.00. The average Bonchev–Trinajstić information content (AvgIpc) is 3.50. The number of thiophene rings is 2. The van der Waals surface area contributed by atoms with E-state index in [0.717, 1.165) is 24.4 Å². The lowest BCUT2D eigenvalue weighted by Gasteiger charge is -2.34. The first-order valence-corrected chi connectivity index (χ1v) is 13.1. The van der Waals surface area contributed by atoms with Crippen LogP contribution in [0.5, 0.6) is 0 Å². The molecule has 10 heteroatoms. The number of sulfonamides is 1. The minimum atomic E-state index is -3.61. The van der Waals surface area contributed by atoms with Crippen molar-refractivity contribution in [3.8, 4) is 0 Å². The molecular weight excluding hydrogens is 454 g/mol. The number of amides is 1. The van der Waals surface area contributed by atoms with E-state index < -0.39 is 10.0 Å². The summed E-state index contributed by atoms with van der Waals surface area (Å²) in [5, 5.41) is 6.78. The number of nitrogens with zero attached hydrogens (tertiary/aromatic N) is 1. The van der Waals surface area contributed by atoms with Crippen LogP contribution in [0.4, 0.5) is 5.69 Å². The second kappa shape index (κ2) is 9.92. The number of morpholine rings is 1. The molecule has 1 aliphatic rings. The van der Waals surface area contributed by atoms with Crippen LogP contribution in [0.3, 0.4) is 0 Å². The molecule has 1 saturated heterocycles. The van der Waals surface area contributed by atoms with E-state index in [1.54, 1.807) is 53.1 Å². The Balaban J connectivity index is 1.39. The summed E-state index contributed by atoms with van der Waals surface area (Å²) < 4.78 is 32.9. The highest BCUT2D eigenvalue weighted by molar-refractivity contribution is 7.94. The first-order valence-electron chi connectivity index (χ1n) is 9.83. The smallest absolute Gasteiger partial charge is 0.271 e. The van der Waals surface area contributed by atoms with Crippen LogP contribution in [-0.2, 0) is 14.8 Å². The molecule has 1 aliphatic heterocycles. The van der Waals surface area contributed by atoms with Gasteiger partial charge < -0.3 is 10.1 Å². The zero-order valence-corrected chi connectivity index (χ0v) is 19.1. The molecule has 7 nitrogen and oxygen atoms in total. The Hall–Kier alpha value is -2.24. The van der Waals surface area contributed by atoms with Crippen LogP contribution >= 0.6 is 22.7 Å². The van der Waals surface area contributed by atoms with Gasteiger partial charge in [-0.15, -0.1) is 22.7 Å². The molecule has 0 spiro atoms. The molecule has 0 saturated carbocycles. The topological polar surface area (TPSA) is 87.7 Å². The third kappa shape index (κ3) is 5.52. The number of carbonyl (C=O) groups excluding carboxylic acids is 1. The Bertz CT molecular complexity index is 1080. The van der Waals surface area contributed by atoms with Gasteiger partial charge in [-0.2, -0.15) is 0 Å². The van der Waals surface area contributed by atoms with Gasteiger partial charge in [-0.05, 0) is 47.2 Å². The number of hydrogen-bond donors (Lipinski definition) is 2. The third-order valence-electron chi connectivity index (χ3n) is 4.97. The quantitative estimate of drug-likeness (QED) is 0.519. The minimum absolute atomic E-state index is 0.102. The van der Waals surface area contributed by atoms with Crippen LogP contribution in [0, 0.1) is 0 Å². The lowest BCUT2D eigenvalue weighted by atomic mass is 10.1. The number of ether oxygens (including phenoxy) is 1. The predicted molar refractivity (Wildman–Crippen MR) is 123 cm³/mol. The van der Waals surface area contributed by atoms with Crippen molar-refractivity contribution in [2.75, 3.05) is 37.6 Å². The molecule has 0 aliphatic carbocycles. The standard InChI is InChI=1S/C21H23N3O4S3/c25-21(22-15-18(19-3-1-13-29-19)24-9-11-28-12-10-24)16-5-7-17(8-6-16)23-31(26,27)20-4-2-14-30-20/h1-8,13-14,18,23H,9-12,15H2,(H,22,25)/t18-/m1/s1. The lowest BCUT2D eigenvalue weighted by molar-refractivity contribution is 0.0169. The molecular formula is C21H23N3O4S3. The Morgan fingerprint density at radius 3 is 2.39 bits per heavy atom. The summed E-state index contributed by atoms with van der Waals surface area (Å²) in [7, 11) is -3.61. The summed E-state index contributed by atoms with van der Waals surface area (Å²) >= 11 is 2.83. The van der Waals surface area contributed by atoms with Gasteiger partial charge in [0, 0.05) is 35.8 Å². The maximum Gasteiger partial charge on any atom is 0.271 e.